The molecule has 2 aromatic rings. The van der Waals surface area contributed by atoms with E-state index in [4.69, 9.17) is 9.72 Å². The van der Waals surface area contributed by atoms with Gasteiger partial charge in [-0.05, 0) is 47.8 Å². The van der Waals surface area contributed by atoms with Crippen molar-refractivity contribution in [1.29, 1.82) is 0 Å². The average molecular weight is 370 g/mol. The second-order valence-corrected chi connectivity index (χ2v) is 8.98. The molecule has 138 valence electrons. The summed E-state index contributed by atoms with van der Waals surface area (Å²) in [7, 11) is 1.44. The lowest BCUT2D eigenvalue weighted by atomic mass is 9.71. The zero-order valence-electron chi connectivity index (χ0n) is 16.0. The number of pyridine rings is 1. The van der Waals surface area contributed by atoms with Gasteiger partial charge in [0.25, 0.3) is 0 Å². The fraction of sp³-hybridized carbons (Fsp3) is 0.455. The Bertz CT molecular complexity index is 781. The van der Waals surface area contributed by atoms with Crippen LogP contribution in [0.25, 0.3) is 0 Å². The van der Waals surface area contributed by atoms with Crippen molar-refractivity contribution in [3.63, 3.8) is 0 Å². The molecule has 0 aliphatic heterocycles. The topological polar surface area (TPSA) is 39.2 Å². The number of aromatic nitrogens is 1. The molecule has 0 amide bonds. The van der Waals surface area contributed by atoms with Crippen molar-refractivity contribution < 1.29 is 9.53 Å². The van der Waals surface area contributed by atoms with Crippen molar-refractivity contribution in [1.82, 2.24) is 4.98 Å². The first-order valence-electron chi connectivity index (χ1n) is 9.16. The first kappa shape index (κ1) is 19.0. The molecule has 1 heterocycles. The van der Waals surface area contributed by atoms with Gasteiger partial charge < -0.3 is 4.74 Å². The Morgan fingerprint density at radius 3 is 2.65 bits per heavy atom. The number of thioether (sulfide) groups is 1. The van der Waals surface area contributed by atoms with Crippen molar-refractivity contribution in [3.8, 4) is 0 Å². The first-order valence-corrected chi connectivity index (χ1v) is 10.1. The molecule has 0 bridgehead atoms. The van der Waals surface area contributed by atoms with Gasteiger partial charge in [0.15, 0.2) is 0 Å². The predicted octanol–water partition coefficient (Wildman–Crippen LogP) is 5.31. The number of nitrogens with zero attached hydrogens (tertiary/aromatic N) is 1. The largest absolute Gasteiger partial charge is 0.465 e. The third-order valence-corrected chi connectivity index (χ3v) is 6.26. The molecule has 26 heavy (non-hydrogen) atoms. The van der Waals surface area contributed by atoms with Gasteiger partial charge in [-0.1, -0.05) is 51.1 Å². The molecular formula is C22H27NO2S. The van der Waals surface area contributed by atoms with E-state index in [1.807, 2.05) is 24.3 Å². The van der Waals surface area contributed by atoms with Crippen LogP contribution in [0.2, 0.25) is 0 Å². The monoisotopic (exact) mass is 369 g/mol. The summed E-state index contributed by atoms with van der Waals surface area (Å²) in [5.74, 6) is 1.11. The molecule has 4 heteroatoms. The number of rotatable bonds is 4. The molecule has 1 atom stereocenters. The van der Waals surface area contributed by atoms with Gasteiger partial charge in [-0.15, -0.1) is 11.8 Å². The maximum atomic E-state index is 12.3. The molecule has 0 spiro atoms. The van der Waals surface area contributed by atoms with Gasteiger partial charge in [0.1, 0.15) is 5.03 Å². The van der Waals surface area contributed by atoms with E-state index in [0.29, 0.717) is 11.5 Å². The van der Waals surface area contributed by atoms with E-state index in [2.05, 4.69) is 32.9 Å². The highest BCUT2D eigenvalue weighted by Gasteiger charge is 2.30. The number of hydrogen-bond acceptors (Lipinski definition) is 4. The third kappa shape index (κ3) is 4.29. The highest BCUT2D eigenvalue weighted by Crippen LogP contribution is 2.38. The number of hydrogen-bond donors (Lipinski definition) is 0. The number of methoxy groups -OCH3 is 1. The van der Waals surface area contributed by atoms with Crippen LogP contribution in [-0.4, -0.2) is 18.1 Å². The van der Waals surface area contributed by atoms with Gasteiger partial charge in [-0.2, -0.15) is 0 Å². The quantitative estimate of drug-likeness (QED) is 0.541. The van der Waals surface area contributed by atoms with Gasteiger partial charge in [-0.3, -0.25) is 0 Å². The predicted molar refractivity (Wildman–Crippen MR) is 107 cm³/mol. The zero-order chi connectivity index (χ0) is 18.7. The maximum Gasteiger partial charge on any atom is 0.340 e. The standard InChI is InChI=1S/C22H27NO2S/c1-22(2,3)17-10-11-19-16(12-17)13-18(21(24)25-4)20(23-19)26-14-15-8-6-5-7-9-15/h5-9,13,17H,10-12,14H2,1-4H3. The van der Waals surface area contributed by atoms with Gasteiger partial charge in [0, 0.05) is 11.4 Å². The molecule has 0 saturated carbocycles. The van der Waals surface area contributed by atoms with E-state index in [-0.39, 0.29) is 11.4 Å². The van der Waals surface area contributed by atoms with Crippen LogP contribution >= 0.6 is 11.8 Å². The SMILES string of the molecule is COC(=O)c1cc2c(nc1SCc1ccccc1)CCC(C(C)(C)C)C2. The van der Waals surface area contributed by atoms with E-state index < -0.39 is 0 Å². The van der Waals surface area contributed by atoms with Crippen LogP contribution in [0.15, 0.2) is 41.4 Å². The lowest BCUT2D eigenvalue weighted by molar-refractivity contribution is 0.0595. The van der Waals surface area contributed by atoms with E-state index in [1.165, 1.54) is 18.2 Å². The fourth-order valence-corrected chi connectivity index (χ4v) is 4.45. The van der Waals surface area contributed by atoms with Crippen LogP contribution in [0.5, 0.6) is 0 Å². The maximum absolute atomic E-state index is 12.3. The summed E-state index contributed by atoms with van der Waals surface area (Å²) in [6.45, 7) is 6.88. The van der Waals surface area contributed by atoms with Crippen LogP contribution in [0, 0.1) is 11.3 Å². The number of carbonyl (C=O) groups is 1. The second kappa shape index (κ2) is 7.83. The van der Waals surface area contributed by atoms with E-state index in [0.717, 1.165) is 35.7 Å². The molecular weight excluding hydrogens is 342 g/mol. The highest BCUT2D eigenvalue weighted by molar-refractivity contribution is 7.98. The van der Waals surface area contributed by atoms with E-state index in [1.54, 1.807) is 11.8 Å². The van der Waals surface area contributed by atoms with Crippen molar-refractivity contribution in [2.24, 2.45) is 11.3 Å². The smallest absolute Gasteiger partial charge is 0.340 e. The Hall–Kier alpha value is -1.81. The van der Waals surface area contributed by atoms with Crippen LogP contribution in [0.1, 0.15) is 54.4 Å². The molecule has 1 aromatic heterocycles. The summed E-state index contributed by atoms with van der Waals surface area (Å²) < 4.78 is 5.02. The van der Waals surface area contributed by atoms with E-state index in [9.17, 15) is 4.79 Å². The van der Waals surface area contributed by atoms with E-state index >= 15 is 0 Å². The van der Waals surface area contributed by atoms with Gasteiger partial charge in [-0.25, -0.2) is 9.78 Å². The molecule has 3 nitrogen and oxygen atoms in total. The van der Waals surface area contributed by atoms with Crippen molar-refractivity contribution in [2.45, 2.75) is 50.8 Å². The molecule has 1 aliphatic rings. The Labute approximate surface area is 160 Å². The average Bonchev–Trinajstić information content (AvgIpc) is 2.64. The molecule has 1 aromatic carbocycles. The summed E-state index contributed by atoms with van der Waals surface area (Å²) in [5.41, 5.74) is 4.45. The molecule has 0 saturated heterocycles. The van der Waals surface area contributed by atoms with Gasteiger partial charge in [0.2, 0.25) is 0 Å². The van der Waals surface area contributed by atoms with Crippen LogP contribution in [0.4, 0.5) is 0 Å². The van der Waals surface area contributed by atoms with Crippen molar-refractivity contribution in [3.05, 3.63) is 58.8 Å². The Balaban J connectivity index is 1.89. The summed E-state index contributed by atoms with van der Waals surface area (Å²) in [5, 5.41) is 0.786. The summed E-state index contributed by atoms with van der Waals surface area (Å²) in [6.07, 6.45) is 3.13. The summed E-state index contributed by atoms with van der Waals surface area (Å²) in [4.78, 5) is 17.2. The first-order chi connectivity index (χ1) is 12.4. The van der Waals surface area contributed by atoms with Crippen LogP contribution in [-0.2, 0) is 23.3 Å². The lowest BCUT2D eigenvalue weighted by Gasteiger charge is -2.34. The minimum Gasteiger partial charge on any atom is -0.465 e. The summed E-state index contributed by atoms with van der Waals surface area (Å²) >= 11 is 1.61. The lowest BCUT2D eigenvalue weighted by Crippen LogP contribution is -2.28. The molecule has 1 aliphatic carbocycles. The minimum atomic E-state index is -0.297. The Morgan fingerprint density at radius 2 is 2.00 bits per heavy atom. The normalized spacial score (nSPS) is 16.8. The number of carbonyl (C=O) groups excluding carboxylic acids is 1. The second-order valence-electron chi connectivity index (χ2n) is 8.02. The molecule has 0 radical (unpaired) electrons. The number of esters is 1. The van der Waals surface area contributed by atoms with Crippen molar-refractivity contribution >= 4 is 17.7 Å². The number of aryl methyl sites for hydroxylation is 1. The van der Waals surface area contributed by atoms with Crippen LogP contribution < -0.4 is 0 Å². The van der Waals surface area contributed by atoms with Crippen LogP contribution in [0.3, 0.4) is 0 Å². The molecule has 0 N–H and O–H groups in total. The number of ether oxygens (including phenoxy) is 1. The Kier molecular flexibility index (Phi) is 5.71. The molecule has 1 unspecified atom stereocenters. The van der Waals surface area contributed by atoms with Gasteiger partial charge >= 0.3 is 5.97 Å². The fourth-order valence-electron chi connectivity index (χ4n) is 3.48. The highest BCUT2D eigenvalue weighted by atomic mass is 32.2. The van der Waals surface area contributed by atoms with Gasteiger partial charge in [0.05, 0.1) is 12.7 Å². The summed E-state index contributed by atoms with van der Waals surface area (Å²) in [6, 6.07) is 12.3. The Morgan fingerprint density at radius 1 is 1.27 bits per heavy atom. The number of fused-ring (bicyclic) bond motifs is 1. The minimum absolute atomic E-state index is 0.268. The zero-order valence-corrected chi connectivity index (χ0v) is 16.9. The van der Waals surface area contributed by atoms with Crippen molar-refractivity contribution in [2.75, 3.05) is 7.11 Å². The molecule has 3 rings (SSSR count). The third-order valence-electron chi connectivity index (χ3n) is 5.20. The molecule has 0 fully saturated rings. The number of benzene rings is 1.